The molecule has 6 aromatic rings. The van der Waals surface area contributed by atoms with Crippen molar-refractivity contribution >= 4 is 34.6 Å². The van der Waals surface area contributed by atoms with Crippen LogP contribution in [0.5, 0.6) is 11.5 Å². The number of thiazole rings is 2. The highest BCUT2D eigenvalue weighted by Gasteiger charge is 2.18. The topological polar surface area (TPSA) is 78.4 Å². The number of benzene rings is 4. The van der Waals surface area contributed by atoms with Gasteiger partial charge in [0.25, 0.3) is 0 Å². The normalized spacial score (nSPS) is 10.7. The van der Waals surface area contributed by atoms with Crippen LogP contribution in [0.2, 0.25) is 0 Å². The Morgan fingerprint density at radius 1 is 0.559 bits per heavy atom. The van der Waals surface area contributed by atoms with Gasteiger partial charge in [0.15, 0.2) is 23.1 Å². The molecular formula is C47H50F4N2O4S2. The molecule has 0 bridgehead atoms. The van der Waals surface area contributed by atoms with Gasteiger partial charge in [-0.05, 0) is 109 Å². The summed E-state index contributed by atoms with van der Waals surface area (Å²) in [6.45, 7) is 7.64. The van der Waals surface area contributed by atoms with Gasteiger partial charge in [-0.3, -0.25) is 0 Å². The summed E-state index contributed by atoms with van der Waals surface area (Å²) in [6.07, 6.45) is 14.0. The Hall–Kier alpha value is -5.20. The van der Waals surface area contributed by atoms with Crippen molar-refractivity contribution < 1.29 is 36.6 Å². The van der Waals surface area contributed by atoms with Gasteiger partial charge in [-0.1, -0.05) is 96.2 Å². The van der Waals surface area contributed by atoms with Crippen LogP contribution in [0.25, 0.3) is 22.3 Å². The monoisotopic (exact) mass is 846 g/mol. The maximum absolute atomic E-state index is 14.5. The van der Waals surface area contributed by atoms with Crippen molar-refractivity contribution in [2.24, 2.45) is 0 Å². The number of halogens is 4. The summed E-state index contributed by atoms with van der Waals surface area (Å²) in [4.78, 5) is 34.3. The van der Waals surface area contributed by atoms with Gasteiger partial charge in [0.2, 0.25) is 5.01 Å². The molecular weight excluding hydrogens is 797 g/mol. The van der Waals surface area contributed by atoms with Crippen molar-refractivity contribution in [3.8, 4) is 33.8 Å². The van der Waals surface area contributed by atoms with E-state index in [2.05, 4.69) is 23.8 Å². The number of hydrogen-bond donors (Lipinski definition) is 0. The summed E-state index contributed by atoms with van der Waals surface area (Å²) < 4.78 is 66.8. The number of nitrogens with zero attached hydrogens (tertiary/aromatic N) is 2. The average Bonchev–Trinajstić information content (AvgIpc) is 3.89. The number of aromatic nitrogens is 2. The molecule has 6 nitrogen and oxygen atoms in total. The summed E-state index contributed by atoms with van der Waals surface area (Å²) in [5.74, 6) is -3.72. The third-order valence-electron chi connectivity index (χ3n) is 9.28. The van der Waals surface area contributed by atoms with E-state index in [9.17, 15) is 27.2 Å². The molecule has 312 valence electrons. The highest BCUT2D eigenvalue weighted by molar-refractivity contribution is 7.13. The number of rotatable bonds is 16. The first-order valence-corrected chi connectivity index (χ1v) is 21.0. The number of carbonyl (C=O) groups excluding carboxylic acids is 2. The standard InChI is InChI=1S/C24H25F2NO2S.C22H21F2NO2S.CH4/c1-3-4-5-6-7-8-23-27-15-22(30-23)24(28)29-21-12-11-18(14-20(21)26)17-10-9-16(2)19(25)13-17;1-3-4-5-6-17-13-25-21(28-17)22(26)27-20-10-9-16(12-19(20)24)15-8-7-14(2)18(23)11-15;/h9-15H,3-8H2,1-2H3;7-13H,3-6H2,1-2H3;1H4. The molecule has 4 aromatic carbocycles. The Labute approximate surface area is 352 Å². The van der Waals surface area contributed by atoms with Crippen LogP contribution in [-0.4, -0.2) is 21.9 Å². The lowest BCUT2D eigenvalue weighted by Crippen LogP contribution is -2.09. The molecule has 2 heterocycles. The van der Waals surface area contributed by atoms with E-state index in [4.69, 9.17) is 9.47 Å². The highest BCUT2D eigenvalue weighted by atomic mass is 32.1. The van der Waals surface area contributed by atoms with E-state index in [0.717, 1.165) is 54.8 Å². The Morgan fingerprint density at radius 2 is 1.03 bits per heavy atom. The lowest BCUT2D eigenvalue weighted by atomic mass is 10.0. The Bertz CT molecular complexity index is 2320. The second-order valence-corrected chi connectivity index (χ2v) is 16.1. The van der Waals surface area contributed by atoms with Crippen molar-refractivity contribution in [3.05, 3.63) is 139 Å². The largest absolute Gasteiger partial charge is 0.419 e. The van der Waals surface area contributed by atoms with Crippen LogP contribution in [-0.2, 0) is 12.8 Å². The molecule has 2 aromatic heterocycles. The molecule has 6 rings (SSSR count). The smallest absolute Gasteiger partial charge is 0.372 e. The molecule has 0 N–H and O–H groups in total. The van der Waals surface area contributed by atoms with E-state index in [1.165, 1.54) is 84.5 Å². The third kappa shape index (κ3) is 13.4. The fraction of sp³-hybridized carbons (Fsp3) is 0.319. The molecule has 59 heavy (non-hydrogen) atoms. The Kier molecular flexibility index (Phi) is 18.0. The molecule has 0 aliphatic heterocycles. The fourth-order valence-electron chi connectivity index (χ4n) is 5.83. The van der Waals surface area contributed by atoms with Crippen molar-refractivity contribution in [2.75, 3.05) is 0 Å². The second kappa shape index (κ2) is 22.8. The lowest BCUT2D eigenvalue weighted by Gasteiger charge is -2.07. The number of unbranched alkanes of at least 4 members (excludes halogenated alkanes) is 6. The van der Waals surface area contributed by atoms with Crippen LogP contribution in [0.1, 0.15) is 113 Å². The lowest BCUT2D eigenvalue weighted by molar-refractivity contribution is 0.0720. The van der Waals surface area contributed by atoms with Crippen LogP contribution in [0.4, 0.5) is 17.6 Å². The van der Waals surface area contributed by atoms with Gasteiger partial charge in [-0.15, -0.1) is 22.7 Å². The van der Waals surface area contributed by atoms with Crippen LogP contribution in [0.3, 0.4) is 0 Å². The van der Waals surface area contributed by atoms with Gasteiger partial charge in [0.05, 0.1) is 11.2 Å². The Balaban J connectivity index is 0.000000257. The van der Waals surface area contributed by atoms with Crippen molar-refractivity contribution in [3.63, 3.8) is 0 Å². The minimum atomic E-state index is -0.688. The van der Waals surface area contributed by atoms with E-state index in [-0.39, 0.29) is 35.6 Å². The first-order valence-electron chi connectivity index (χ1n) is 19.4. The molecule has 0 radical (unpaired) electrons. The van der Waals surface area contributed by atoms with Crippen LogP contribution in [0, 0.1) is 37.1 Å². The molecule has 0 aliphatic carbocycles. The zero-order valence-corrected chi connectivity index (χ0v) is 34.6. The van der Waals surface area contributed by atoms with E-state index in [0.29, 0.717) is 38.3 Å². The van der Waals surface area contributed by atoms with Gasteiger partial charge in [-0.25, -0.2) is 37.1 Å². The predicted octanol–water partition coefficient (Wildman–Crippen LogP) is 14.1. The van der Waals surface area contributed by atoms with Gasteiger partial charge in [0, 0.05) is 11.1 Å². The van der Waals surface area contributed by atoms with Crippen LogP contribution >= 0.6 is 22.7 Å². The second-order valence-electron chi connectivity index (χ2n) is 13.9. The zero-order chi connectivity index (χ0) is 41.6. The quantitative estimate of drug-likeness (QED) is 0.0418. The molecule has 0 saturated carbocycles. The number of aryl methyl sites for hydroxylation is 4. The fourth-order valence-corrected chi connectivity index (χ4v) is 7.50. The maximum atomic E-state index is 14.5. The summed E-state index contributed by atoms with van der Waals surface area (Å²) in [7, 11) is 0. The highest BCUT2D eigenvalue weighted by Crippen LogP contribution is 2.30. The third-order valence-corrected chi connectivity index (χ3v) is 11.4. The maximum Gasteiger partial charge on any atom is 0.372 e. The van der Waals surface area contributed by atoms with Gasteiger partial charge >= 0.3 is 11.9 Å². The number of hydrogen-bond acceptors (Lipinski definition) is 8. The van der Waals surface area contributed by atoms with Gasteiger partial charge in [0.1, 0.15) is 16.5 Å². The summed E-state index contributed by atoms with van der Waals surface area (Å²) in [6, 6.07) is 17.8. The summed E-state index contributed by atoms with van der Waals surface area (Å²) in [5.41, 5.74) is 3.16. The first-order chi connectivity index (χ1) is 27.9. The van der Waals surface area contributed by atoms with Crippen LogP contribution in [0.15, 0.2) is 85.2 Å². The van der Waals surface area contributed by atoms with Gasteiger partial charge < -0.3 is 9.47 Å². The predicted molar refractivity (Wildman–Crippen MR) is 230 cm³/mol. The van der Waals surface area contributed by atoms with E-state index >= 15 is 0 Å². The summed E-state index contributed by atoms with van der Waals surface area (Å²) >= 11 is 2.55. The molecule has 0 fully saturated rings. The number of carbonyl (C=O) groups is 2. The molecule has 0 spiro atoms. The average molecular weight is 847 g/mol. The van der Waals surface area contributed by atoms with E-state index < -0.39 is 23.6 Å². The zero-order valence-electron chi connectivity index (χ0n) is 33.0. The Morgan fingerprint density at radius 3 is 1.56 bits per heavy atom. The van der Waals surface area contributed by atoms with Crippen molar-refractivity contribution in [2.45, 2.75) is 99.3 Å². The molecule has 0 unspecified atom stereocenters. The van der Waals surface area contributed by atoms with Crippen molar-refractivity contribution in [1.29, 1.82) is 0 Å². The van der Waals surface area contributed by atoms with Crippen molar-refractivity contribution in [1.82, 2.24) is 9.97 Å². The molecule has 0 atom stereocenters. The molecule has 0 amide bonds. The SMILES string of the molecule is C.CCCCCCCc1ncc(C(=O)Oc2ccc(-c3ccc(C)c(F)c3)cc2F)s1.CCCCCc1cnc(C(=O)Oc2ccc(-c3ccc(C)c(F)c3)cc2F)s1. The number of ether oxygens (including phenoxy) is 2. The van der Waals surface area contributed by atoms with Crippen LogP contribution < -0.4 is 9.47 Å². The number of esters is 2. The molecule has 0 saturated heterocycles. The molecule has 12 heteroatoms. The first kappa shape index (κ1) is 46.5. The minimum Gasteiger partial charge on any atom is -0.419 e. The molecule has 0 aliphatic rings. The van der Waals surface area contributed by atoms with E-state index in [1.54, 1.807) is 56.4 Å². The van der Waals surface area contributed by atoms with Gasteiger partial charge in [-0.2, -0.15) is 0 Å². The summed E-state index contributed by atoms with van der Waals surface area (Å²) in [5, 5.41) is 1.09. The van der Waals surface area contributed by atoms with E-state index in [1.807, 2.05) is 0 Å². The minimum absolute atomic E-state index is 0.